The molecule has 1 aromatic heterocycles. The quantitative estimate of drug-likeness (QED) is 0.647. The van der Waals surface area contributed by atoms with E-state index in [1.807, 2.05) is 30.1 Å². The highest BCUT2D eigenvalue weighted by atomic mass is 32.2. The van der Waals surface area contributed by atoms with Crippen molar-refractivity contribution in [3.8, 4) is 0 Å². The summed E-state index contributed by atoms with van der Waals surface area (Å²) in [6, 6.07) is 6.23. The van der Waals surface area contributed by atoms with Crippen LogP contribution in [-0.2, 0) is 11.2 Å². The Kier molecular flexibility index (Phi) is 6.87. The van der Waals surface area contributed by atoms with Crippen LogP contribution in [-0.4, -0.2) is 16.1 Å². The molecule has 1 unspecified atom stereocenters. The molecule has 0 radical (unpaired) electrons. The average Bonchev–Trinajstić information content (AvgIpc) is 2.98. The second kappa shape index (κ2) is 8.67. The minimum Gasteiger partial charge on any atom is -0.326 e. The number of benzene rings is 1. The standard InChI is InChI=1S/C19H26N2OS2/c1-6-14(5)24-16-7-8-17(13(4)9-16)21-18(22)10-15-11-23-19(20-15)12(2)3/h7-9,11-12,14H,6,10H2,1-5H3,(H,21,22). The van der Waals surface area contributed by atoms with E-state index in [2.05, 4.69) is 50.1 Å². The molecule has 1 atom stereocenters. The van der Waals surface area contributed by atoms with E-state index in [1.165, 1.54) is 4.90 Å². The van der Waals surface area contributed by atoms with Crippen LogP contribution in [0.25, 0.3) is 0 Å². The van der Waals surface area contributed by atoms with Crippen molar-refractivity contribution in [1.29, 1.82) is 0 Å². The normalized spacial score (nSPS) is 12.4. The molecule has 0 bridgehead atoms. The fourth-order valence-electron chi connectivity index (χ4n) is 2.19. The first kappa shape index (κ1) is 19.0. The Balaban J connectivity index is 1.98. The number of nitrogens with zero attached hydrogens (tertiary/aromatic N) is 1. The lowest BCUT2D eigenvalue weighted by Crippen LogP contribution is -2.15. The zero-order valence-electron chi connectivity index (χ0n) is 15.1. The van der Waals surface area contributed by atoms with Gasteiger partial charge < -0.3 is 5.32 Å². The Bertz CT molecular complexity index is 694. The maximum atomic E-state index is 12.3. The molecule has 0 spiro atoms. The third kappa shape index (κ3) is 5.35. The number of aryl methyl sites for hydroxylation is 1. The van der Waals surface area contributed by atoms with E-state index in [-0.39, 0.29) is 5.91 Å². The van der Waals surface area contributed by atoms with Gasteiger partial charge in [-0.2, -0.15) is 0 Å². The summed E-state index contributed by atoms with van der Waals surface area (Å²) in [5.74, 6) is 0.394. The molecule has 1 heterocycles. The number of amides is 1. The minimum absolute atomic E-state index is 0.0129. The third-order valence-corrected chi connectivity index (χ3v) is 6.25. The van der Waals surface area contributed by atoms with Gasteiger partial charge >= 0.3 is 0 Å². The number of aromatic nitrogens is 1. The molecule has 1 N–H and O–H groups in total. The fourth-order valence-corrected chi connectivity index (χ4v) is 4.05. The summed E-state index contributed by atoms with van der Waals surface area (Å²) in [4.78, 5) is 18.0. The van der Waals surface area contributed by atoms with Crippen molar-refractivity contribution >= 4 is 34.7 Å². The van der Waals surface area contributed by atoms with Gasteiger partial charge in [0.25, 0.3) is 0 Å². The molecule has 5 heteroatoms. The molecule has 0 aliphatic rings. The second-order valence-corrected chi connectivity index (χ2v) is 8.77. The summed E-state index contributed by atoms with van der Waals surface area (Å²) in [5.41, 5.74) is 2.83. The van der Waals surface area contributed by atoms with Gasteiger partial charge in [-0.15, -0.1) is 23.1 Å². The van der Waals surface area contributed by atoms with Crippen LogP contribution < -0.4 is 5.32 Å². The predicted octanol–water partition coefficient (Wildman–Crippen LogP) is 5.65. The zero-order valence-corrected chi connectivity index (χ0v) is 16.7. The van der Waals surface area contributed by atoms with Gasteiger partial charge in [0.1, 0.15) is 0 Å². The van der Waals surface area contributed by atoms with E-state index < -0.39 is 0 Å². The lowest BCUT2D eigenvalue weighted by Gasteiger charge is -2.12. The van der Waals surface area contributed by atoms with Gasteiger partial charge in [0.2, 0.25) is 5.91 Å². The van der Waals surface area contributed by atoms with Gasteiger partial charge in [-0.3, -0.25) is 4.79 Å². The number of hydrogen-bond donors (Lipinski definition) is 1. The van der Waals surface area contributed by atoms with Crippen molar-refractivity contribution in [3.63, 3.8) is 0 Å². The maximum Gasteiger partial charge on any atom is 0.230 e. The molecule has 130 valence electrons. The number of thioether (sulfide) groups is 1. The van der Waals surface area contributed by atoms with E-state index in [0.717, 1.165) is 28.4 Å². The monoisotopic (exact) mass is 362 g/mol. The van der Waals surface area contributed by atoms with E-state index in [4.69, 9.17) is 0 Å². The van der Waals surface area contributed by atoms with Crippen LogP contribution in [0, 0.1) is 6.92 Å². The van der Waals surface area contributed by atoms with Gasteiger partial charge in [0.15, 0.2) is 0 Å². The molecule has 3 nitrogen and oxygen atoms in total. The molecule has 0 aliphatic heterocycles. The van der Waals surface area contributed by atoms with Gasteiger partial charge in [0.05, 0.1) is 17.1 Å². The summed E-state index contributed by atoms with van der Waals surface area (Å²) in [7, 11) is 0. The Labute approximate surface area is 153 Å². The molecule has 0 fully saturated rings. The van der Waals surface area contributed by atoms with Gasteiger partial charge in [-0.25, -0.2) is 4.98 Å². The maximum absolute atomic E-state index is 12.3. The lowest BCUT2D eigenvalue weighted by molar-refractivity contribution is -0.115. The molecule has 24 heavy (non-hydrogen) atoms. The first-order chi connectivity index (χ1) is 11.4. The van der Waals surface area contributed by atoms with Crippen LogP contribution in [0.1, 0.15) is 56.3 Å². The minimum atomic E-state index is -0.0129. The van der Waals surface area contributed by atoms with E-state index >= 15 is 0 Å². The lowest BCUT2D eigenvalue weighted by atomic mass is 10.2. The van der Waals surface area contributed by atoms with Gasteiger partial charge in [-0.1, -0.05) is 27.7 Å². The number of hydrogen-bond acceptors (Lipinski definition) is 4. The van der Waals surface area contributed by atoms with Crippen LogP contribution in [0.15, 0.2) is 28.5 Å². The van der Waals surface area contributed by atoms with Crippen LogP contribution in [0.5, 0.6) is 0 Å². The Morgan fingerprint density at radius 2 is 2.08 bits per heavy atom. The number of thiazole rings is 1. The molecular formula is C19H26N2OS2. The molecule has 0 aliphatic carbocycles. The smallest absolute Gasteiger partial charge is 0.230 e. The van der Waals surface area contributed by atoms with Crippen molar-refractivity contribution in [3.05, 3.63) is 39.8 Å². The molecular weight excluding hydrogens is 336 g/mol. The van der Waals surface area contributed by atoms with Crippen LogP contribution in [0.2, 0.25) is 0 Å². The Morgan fingerprint density at radius 3 is 2.67 bits per heavy atom. The van der Waals surface area contributed by atoms with Crippen LogP contribution in [0.4, 0.5) is 5.69 Å². The molecule has 0 saturated carbocycles. The number of nitrogens with one attached hydrogen (secondary N) is 1. The Morgan fingerprint density at radius 1 is 1.33 bits per heavy atom. The van der Waals surface area contributed by atoms with Crippen molar-refractivity contribution in [1.82, 2.24) is 4.98 Å². The number of rotatable bonds is 7. The highest BCUT2D eigenvalue weighted by Crippen LogP contribution is 2.28. The predicted molar refractivity (Wildman–Crippen MR) is 105 cm³/mol. The first-order valence-electron chi connectivity index (χ1n) is 8.40. The van der Waals surface area contributed by atoms with Crippen molar-refractivity contribution < 1.29 is 4.79 Å². The number of anilines is 1. The van der Waals surface area contributed by atoms with Crippen molar-refractivity contribution in [2.75, 3.05) is 5.32 Å². The van der Waals surface area contributed by atoms with Crippen molar-refractivity contribution in [2.24, 2.45) is 0 Å². The van der Waals surface area contributed by atoms with Gasteiger partial charge in [0, 0.05) is 27.1 Å². The molecule has 1 aromatic carbocycles. The SMILES string of the molecule is CCC(C)Sc1ccc(NC(=O)Cc2csc(C(C)C)n2)c(C)c1. The molecule has 2 rings (SSSR count). The summed E-state index contributed by atoms with van der Waals surface area (Å²) >= 11 is 3.50. The van der Waals surface area contributed by atoms with E-state index in [0.29, 0.717) is 17.6 Å². The fraction of sp³-hybridized carbons (Fsp3) is 0.474. The topological polar surface area (TPSA) is 42.0 Å². The summed E-state index contributed by atoms with van der Waals surface area (Å²) < 4.78 is 0. The van der Waals surface area contributed by atoms with Crippen LogP contribution >= 0.6 is 23.1 Å². The number of carbonyl (C=O) groups excluding carboxylic acids is 1. The summed E-state index contributed by atoms with van der Waals surface area (Å²) in [6.07, 6.45) is 1.47. The summed E-state index contributed by atoms with van der Waals surface area (Å²) in [5, 5.41) is 6.67. The highest BCUT2D eigenvalue weighted by molar-refractivity contribution is 7.99. The Hall–Kier alpha value is -1.33. The van der Waals surface area contributed by atoms with Crippen molar-refractivity contribution in [2.45, 2.75) is 63.5 Å². The molecule has 1 amide bonds. The zero-order chi connectivity index (χ0) is 17.7. The molecule has 0 saturated heterocycles. The van der Waals surface area contributed by atoms with E-state index in [9.17, 15) is 4.79 Å². The molecule has 2 aromatic rings. The third-order valence-electron chi connectivity index (χ3n) is 3.79. The first-order valence-corrected chi connectivity index (χ1v) is 10.2. The summed E-state index contributed by atoms with van der Waals surface area (Å²) in [6.45, 7) is 10.7. The number of carbonyl (C=O) groups is 1. The van der Waals surface area contributed by atoms with E-state index in [1.54, 1.807) is 11.3 Å². The van der Waals surface area contributed by atoms with Crippen LogP contribution in [0.3, 0.4) is 0 Å². The van der Waals surface area contributed by atoms with Gasteiger partial charge in [-0.05, 0) is 37.1 Å². The highest BCUT2D eigenvalue weighted by Gasteiger charge is 2.11. The average molecular weight is 363 g/mol. The largest absolute Gasteiger partial charge is 0.326 e. The second-order valence-electron chi connectivity index (χ2n) is 6.37.